The smallest absolute Gasteiger partial charge is 0.227 e. The van der Waals surface area contributed by atoms with Crippen molar-refractivity contribution in [3.05, 3.63) is 47.0 Å². The number of benzene rings is 1. The molecule has 2 N–H and O–H groups in total. The van der Waals surface area contributed by atoms with E-state index in [-0.39, 0.29) is 11.9 Å². The van der Waals surface area contributed by atoms with E-state index in [2.05, 4.69) is 20.7 Å². The maximum absolute atomic E-state index is 12.5. The number of carbonyl (C=O) groups is 1. The monoisotopic (exact) mass is 349 g/mol. The van der Waals surface area contributed by atoms with Crippen molar-refractivity contribution in [1.29, 1.82) is 0 Å². The molecule has 2 aromatic rings. The van der Waals surface area contributed by atoms with Crippen LogP contribution in [0.25, 0.3) is 0 Å². The molecule has 6 nitrogen and oxygen atoms in total. The molecule has 1 unspecified atom stereocenters. The van der Waals surface area contributed by atoms with Crippen molar-refractivity contribution in [1.82, 2.24) is 25.4 Å². The van der Waals surface area contributed by atoms with Crippen molar-refractivity contribution in [3.8, 4) is 0 Å². The predicted octanol–water partition coefficient (Wildman–Crippen LogP) is 2.46. The summed E-state index contributed by atoms with van der Waals surface area (Å²) >= 11 is 6.11. The van der Waals surface area contributed by atoms with Crippen LogP contribution in [0.2, 0.25) is 5.02 Å². The quantitative estimate of drug-likeness (QED) is 0.805. The lowest BCUT2D eigenvalue weighted by molar-refractivity contribution is -0.129. The summed E-state index contributed by atoms with van der Waals surface area (Å²) in [6.07, 6.45) is 1.66. The Labute approximate surface area is 147 Å². The minimum absolute atomic E-state index is 0.0261. The standard InChI is InChI=1S/C17H24ClN5O/c1-12(15-21-11-23(4)22-15)20-10-17(2,3)16(24)19-9-13-7-5-6-8-14(13)18/h5-8,11-12,20H,9-10H2,1-4H3,(H,19,24). The molecule has 1 atom stereocenters. The zero-order chi connectivity index (χ0) is 17.7. The minimum atomic E-state index is -0.565. The van der Waals surface area contributed by atoms with Crippen LogP contribution in [0, 0.1) is 5.41 Å². The maximum Gasteiger partial charge on any atom is 0.227 e. The molecule has 1 heterocycles. The Morgan fingerprint density at radius 1 is 1.38 bits per heavy atom. The van der Waals surface area contributed by atoms with Crippen molar-refractivity contribution in [2.45, 2.75) is 33.4 Å². The van der Waals surface area contributed by atoms with E-state index in [9.17, 15) is 4.79 Å². The first kappa shape index (κ1) is 18.4. The van der Waals surface area contributed by atoms with Gasteiger partial charge < -0.3 is 10.6 Å². The largest absolute Gasteiger partial charge is 0.351 e. The lowest BCUT2D eigenvalue weighted by Gasteiger charge is -2.25. The van der Waals surface area contributed by atoms with Gasteiger partial charge in [-0.25, -0.2) is 4.98 Å². The molecule has 1 aromatic carbocycles. The van der Waals surface area contributed by atoms with E-state index < -0.39 is 5.41 Å². The summed E-state index contributed by atoms with van der Waals surface area (Å²) in [4.78, 5) is 16.7. The van der Waals surface area contributed by atoms with Gasteiger partial charge in [0.05, 0.1) is 11.5 Å². The number of halogens is 1. The van der Waals surface area contributed by atoms with Crippen LogP contribution in [0.4, 0.5) is 0 Å². The minimum Gasteiger partial charge on any atom is -0.351 e. The average Bonchev–Trinajstić information content (AvgIpc) is 2.98. The zero-order valence-corrected chi connectivity index (χ0v) is 15.3. The molecule has 0 aliphatic carbocycles. The number of nitrogens with zero attached hydrogens (tertiary/aromatic N) is 3. The third-order valence-corrected chi connectivity index (χ3v) is 4.24. The Morgan fingerprint density at radius 3 is 2.71 bits per heavy atom. The number of amides is 1. The van der Waals surface area contributed by atoms with Gasteiger partial charge in [0, 0.05) is 25.2 Å². The highest BCUT2D eigenvalue weighted by Gasteiger charge is 2.28. The Morgan fingerprint density at radius 2 is 2.08 bits per heavy atom. The Balaban J connectivity index is 1.87. The number of hydrogen-bond donors (Lipinski definition) is 2. The highest BCUT2D eigenvalue weighted by atomic mass is 35.5. The van der Waals surface area contributed by atoms with Crippen molar-refractivity contribution < 1.29 is 4.79 Å². The van der Waals surface area contributed by atoms with Crippen LogP contribution in [0.3, 0.4) is 0 Å². The zero-order valence-electron chi connectivity index (χ0n) is 14.5. The predicted molar refractivity (Wildman–Crippen MR) is 94.5 cm³/mol. The first-order chi connectivity index (χ1) is 11.3. The van der Waals surface area contributed by atoms with Gasteiger partial charge in [0.25, 0.3) is 0 Å². The van der Waals surface area contributed by atoms with Crippen LogP contribution in [0.5, 0.6) is 0 Å². The molecule has 0 aliphatic heterocycles. The van der Waals surface area contributed by atoms with Crippen LogP contribution >= 0.6 is 11.6 Å². The molecule has 0 radical (unpaired) electrons. The van der Waals surface area contributed by atoms with E-state index >= 15 is 0 Å². The molecule has 1 aromatic heterocycles. The average molecular weight is 350 g/mol. The van der Waals surface area contributed by atoms with E-state index in [0.717, 1.165) is 5.56 Å². The third-order valence-electron chi connectivity index (χ3n) is 3.87. The summed E-state index contributed by atoms with van der Waals surface area (Å²) < 4.78 is 1.66. The van der Waals surface area contributed by atoms with Gasteiger partial charge in [0.2, 0.25) is 5.91 Å². The van der Waals surface area contributed by atoms with E-state index in [1.807, 2.05) is 52.1 Å². The van der Waals surface area contributed by atoms with Crippen LogP contribution < -0.4 is 10.6 Å². The summed E-state index contributed by atoms with van der Waals surface area (Å²) in [5, 5.41) is 11.2. The Bertz CT molecular complexity index is 698. The molecule has 0 aliphatic rings. The summed E-state index contributed by atoms with van der Waals surface area (Å²) in [7, 11) is 1.83. The molecule has 0 saturated heterocycles. The second kappa shape index (κ2) is 7.77. The summed E-state index contributed by atoms with van der Waals surface area (Å²) in [5.41, 5.74) is 0.340. The fourth-order valence-corrected chi connectivity index (χ4v) is 2.39. The SMILES string of the molecule is CC(NCC(C)(C)C(=O)NCc1ccccc1Cl)c1ncn(C)n1. The van der Waals surface area contributed by atoms with Crippen LogP contribution in [-0.4, -0.2) is 27.2 Å². The lowest BCUT2D eigenvalue weighted by atomic mass is 9.91. The molecular formula is C17H24ClN5O. The second-order valence-electron chi connectivity index (χ2n) is 6.54. The fourth-order valence-electron chi connectivity index (χ4n) is 2.19. The first-order valence-electron chi connectivity index (χ1n) is 7.90. The van der Waals surface area contributed by atoms with Gasteiger partial charge >= 0.3 is 0 Å². The summed E-state index contributed by atoms with van der Waals surface area (Å²) in [6, 6.07) is 7.47. The van der Waals surface area contributed by atoms with Gasteiger partial charge in [-0.3, -0.25) is 9.48 Å². The molecule has 2 rings (SSSR count). The van der Waals surface area contributed by atoms with Crippen LogP contribution in [0.15, 0.2) is 30.6 Å². The van der Waals surface area contributed by atoms with E-state index in [4.69, 9.17) is 11.6 Å². The first-order valence-corrected chi connectivity index (χ1v) is 8.28. The molecular weight excluding hydrogens is 326 g/mol. The van der Waals surface area contributed by atoms with Crippen LogP contribution in [0.1, 0.15) is 38.2 Å². The molecule has 0 saturated carbocycles. The Kier molecular flexibility index (Phi) is 5.96. The molecule has 0 spiro atoms. The van der Waals surface area contributed by atoms with Gasteiger partial charge in [0.15, 0.2) is 5.82 Å². The number of aryl methyl sites for hydroxylation is 1. The normalized spacial score (nSPS) is 12.9. The second-order valence-corrected chi connectivity index (χ2v) is 6.94. The maximum atomic E-state index is 12.5. The number of aromatic nitrogens is 3. The molecule has 7 heteroatoms. The van der Waals surface area contributed by atoms with E-state index in [0.29, 0.717) is 23.9 Å². The van der Waals surface area contributed by atoms with Crippen molar-refractivity contribution >= 4 is 17.5 Å². The van der Waals surface area contributed by atoms with E-state index in [1.165, 1.54) is 0 Å². The van der Waals surface area contributed by atoms with Gasteiger partial charge in [-0.2, -0.15) is 5.10 Å². The van der Waals surface area contributed by atoms with Gasteiger partial charge in [-0.05, 0) is 32.4 Å². The van der Waals surface area contributed by atoms with Gasteiger partial charge in [-0.15, -0.1) is 0 Å². The fraction of sp³-hybridized carbons (Fsp3) is 0.471. The molecule has 1 amide bonds. The highest BCUT2D eigenvalue weighted by Crippen LogP contribution is 2.18. The topological polar surface area (TPSA) is 71.8 Å². The molecule has 24 heavy (non-hydrogen) atoms. The number of hydrogen-bond acceptors (Lipinski definition) is 4. The molecule has 130 valence electrons. The van der Waals surface area contributed by atoms with Gasteiger partial charge in [-0.1, -0.05) is 29.8 Å². The van der Waals surface area contributed by atoms with Crippen molar-refractivity contribution in [3.63, 3.8) is 0 Å². The van der Waals surface area contributed by atoms with E-state index in [1.54, 1.807) is 11.0 Å². The lowest BCUT2D eigenvalue weighted by Crippen LogP contribution is -2.43. The number of nitrogens with one attached hydrogen (secondary N) is 2. The van der Waals surface area contributed by atoms with Crippen molar-refractivity contribution in [2.24, 2.45) is 12.5 Å². The third kappa shape index (κ3) is 4.79. The highest BCUT2D eigenvalue weighted by molar-refractivity contribution is 6.31. The van der Waals surface area contributed by atoms with Crippen molar-refractivity contribution in [2.75, 3.05) is 6.54 Å². The summed E-state index contributed by atoms with van der Waals surface area (Å²) in [6.45, 7) is 6.72. The van der Waals surface area contributed by atoms with Crippen LogP contribution in [-0.2, 0) is 18.4 Å². The molecule has 0 fully saturated rings. The summed E-state index contributed by atoms with van der Waals surface area (Å²) in [5.74, 6) is 0.681. The number of rotatable bonds is 7. The number of carbonyl (C=O) groups excluding carboxylic acids is 1. The van der Waals surface area contributed by atoms with Gasteiger partial charge in [0.1, 0.15) is 6.33 Å². The molecule has 0 bridgehead atoms. The Hall–Kier alpha value is -1.92.